The van der Waals surface area contributed by atoms with Crippen LogP contribution in [0, 0.1) is 0 Å². The lowest BCUT2D eigenvalue weighted by molar-refractivity contribution is -0.136. The number of carbonyl (C=O) groups is 2. The molecule has 0 radical (unpaired) electrons. The van der Waals surface area contributed by atoms with E-state index in [4.69, 9.17) is 19.3 Å². The second-order valence-electron chi connectivity index (χ2n) is 5.68. The van der Waals surface area contributed by atoms with Crippen molar-refractivity contribution < 1.29 is 28.9 Å². The van der Waals surface area contributed by atoms with Gasteiger partial charge in [-0.05, 0) is 30.3 Å². The van der Waals surface area contributed by atoms with Crippen molar-refractivity contribution >= 4 is 22.8 Å². The van der Waals surface area contributed by atoms with Gasteiger partial charge in [0.25, 0.3) is 0 Å². The monoisotopic (exact) mass is 367 g/mol. The minimum absolute atomic E-state index is 0.149. The van der Waals surface area contributed by atoms with Gasteiger partial charge in [0.05, 0.1) is 31.7 Å². The highest BCUT2D eigenvalue weighted by Crippen LogP contribution is 2.32. The fraction of sp³-hybridized carbons (Fsp3) is 0.150. The van der Waals surface area contributed by atoms with E-state index in [0.29, 0.717) is 39.3 Å². The number of carboxylic acids is 1. The average Bonchev–Trinajstić information content (AvgIpc) is 2.68. The van der Waals surface area contributed by atoms with E-state index in [0.717, 1.165) is 0 Å². The molecule has 3 aromatic rings. The fourth-order valence-electron chi connectivity index (χ4n) is 2.68. The summed E-state index contributed by atoms with van der Waals surface area (Å²) in [6.45, 7) is 0. The van der Waals surface area contributed by atoms with Crippen LogP contribution in [-0.4, -0.2) is 36.2 Å². The third-order valence-corrected chi connectivity index (χ3v) is 3.95. The molecule has 0 bridgehead atoms. The van der Waals surface area contributed by atoms with Gasteiger partial charge in [-0.3, -0.25) is 9.78 Å². The number of fused-ring (bicyclic) bond motifs is 1. The van der Waals surface area contributed by atoms with Gasteiger partial charge in [0, 0.05) is 23.2 Å². The van der Waals surface area contributed by atoms with E-state index in [9.17, 15) is 9.59 Å². The van der Waals surface area contributed by atoms with E-state index in [2.05, 4.69) is 4.98 Å². The molecule has 1 N–H and O–H groups in total. The lowest BCUT2D eigenvalue weighted by atomic mass is 10.1. The molecule has 0 aliphatic rings. The Labute approximate surface area is 155 Å². The maximum atomic E-state index is 11.8. The number of pyridine rings is 1. The van der Waals surface area contributed by atoms with E-state index in [1.165, 1.54) is 14.2 Å². The summed E-state index contributed by atoms with van der Waals surface area (Å²) < 4.78 is 16.0. The number of esters is 1. The molecule has 0 saturated heterocycles. The summed E-state index contributed by atoms with van der Waals surface area (Å²) in [5.74, 6) is -0.0110. The Bertz CT molecular complexity index is 1010. The van der Waals surface area contributed by atoms with Crippen LogP contribution < -0.4 is 9.47 Å². The maximum Gasteiger partial charge on any atom is 0.337 e. The first kappa shape index (κ1) is 18.2. The lowest BCUT2D eigenvalue weighted by Crippen LogP contribution is -2.02. The van der Waals surface area contributed by atoms with Crippen molar-refractivity contribution in [3.63, 3.8) is 0 Å². The molecule has 1 aromatic heterocycles. The molecule has 138 valence electrons. The topological polar surface area (TPSA) is 95.0 Å². The SMILES string of the molecule is COC(=O)c1ccc2nccc(Oc3ccc(CC(=O)O)c(OC)c3)c2c1. The predicted molar refractivity (Wildman–Crippen MR) is 97.5 cm³/mol. The zero-order chi connectivity index (χ0) is 19.4. The molecule has 0 aliphatic heterocycles. The molecule has 1 heterocycles. The Morgan fingerprint density at radius 1 is 1.04 bits per heavy atom. The molecule has 2 aromatic carbocycles. The summed E-state index contributed by atoms with van der Waals surface area (Å²) >= 11 is 0. The first-order valence-corrected chi connectivity index (χ1v) is 8.05. The van der Waals surface area contributed by atoms with Crippen LogP contribution in [0.1, 0.15) is 15.9 Å². The summed E-state index contributed by atoms with van der Waals surface area (Å²) in [6.07, 6.45) is 1.45. The molecule has 3 rings (SSSR count). The van der Waals surface area contributed by atoms with Gasteiger partial charge >= 0.3 is 11.9 Å². The normalized spacial score (nSPS) is 10.4. The molecular formula is C20H17NO6. The Balaban J connectivity index is 1.98. The summed E-state index contributed by atoms with van der Waals surface area (Å²) in [5.41, 5.74) is 1.59. The molecule has 27 heavy (non-hydrogen) atoms. The minimum atomic E-state index is -0.947. The Hall–Kier alpha value is -3.61. The highest BCUT2D eigenvalue weighted by atomic mass is 16.5. The van der Waals surface area contributed by atoms with Gasteiger partial charge in [0.1, 0.15) is 17.2 Å². The van der Waals surface area contributed by atoms with Crippen LogP contribution in [0.3, 0.4) is 0 Å². The van der Waals surface area contributed by atoms with Crippen molar-refractivity contribution in [3.05, 3.63) is 59.8 Å². The van der Waals surface area contributed by atoms with Crippen LogP contribution in [0.2, 0.25) is 0 Å². The Morgan fingerprint density at radius 3 is 2.56 bits per heavy atom. The standard InChI is InChI=1S/C20H17NO6/c1-25-18-11-14(5-3-12(18)10-19(22)23)27-17-7-8-21-16-6-4-13(9-15(16)17)20(24)26-2/h3-9,11H,10H2,1-2H3,(H,22,23). The number of ether oxygens (including phenoxy) is 3. The minimum Gasteiger partial charge on any atom is -0.496 e. The largest absolute Gasteiger partial charge is 0.496 e. The maximum absolute atomic E-state index is 11.8. The molecule has 0 spiro atoms. The molecule has 0 unspecified atom stereocenters. The molecule has 0 fully saturated rings. The number of aromatic nitrogens is 1. The van der Waals surface area contributed by atoms with Crippen molar-refractivity contribution in [2.45, 2.75) is 6.42 Å². The van der Waals surface area contributed by atoms with Crippen LogP contribution in [-0.2, 0) is 16.0 Å². The number of aliphatic carboxylic acids is 1. The number of carboxylic acid groups (broad SMARTS) is 1. The summed E-state index contributed by atoms with van der Waals surface area (Å²) in [6, 6.07) is 11.6. The van der Waals surface area contributed by atoms with Crippen molar-refractivity contribution in [1.82, 2.24) is 4.98 Å². The van der Waals surface area contributed by atoms with Crippen molar-refractivity contribution in [2.75, 3.05) is 14.2 Å². The van der Waals surface area contributed by atoms with Crippen LogP contribution in [0.5, 0.6) is 17.2 Å². The zero-order valence-corrected chi connectivity index (χ0v) is 14.8. The first-order valence-electron chi connectivity index (χ1n) is 8.05. The zero-order valence-electron chi connectivity index (χ0n) is 14.8. The summed E-state index contributed by atoms with van der Waals surface area (Å²) in [5, 5.41) is 9.62. The molecule has 0 saturated carbocycles. The highest BCUT2D eigenvalue weighted by Gasteiger charge is 2.13. The quantitative estimate of drug-likeness (QED) is 0.667. The van der Waals surface area contributed by atoms with Gasteiger partial charge in [0.2, 0.25) is 0 Å². The molecule has 0 aliphatic carbocycles. The van der Waals surface area contributed by atoms with E-state index < -0.39 is 11.9 Å². The van der Waals surface area contributed by atoms with Crippen LogP contribution in [0.4, 0.5) is 0 Å². The Kier molecular flexibility index (Phi) is 5.21. The number of benzene rings is 2. The molecule has 7 nitrogen and oxygen atoms in total. The predicted octanol–water partition coefficient (Wildman–Crippen LogP) is 3.45. The van der Waals surface area contributed by atoms with Gasteiger partial charge in [-0.15, -0.1) is 0 Å². The number of hydrogen-bond donors (Lipinski definition) is 1. The van der Waals surface area contributed by atoms with Crippen molar-refractivity contribution in [3.8, 4) is 17.2 Å². The molecular weight excluding hydrogens is 350 g/mol. The Morgan fingerprint density at radius 2 is 1.85 bits per heavy atom. The number of rotatable bonds is 6. The van der Waals surface area contributed by atoms with Gasteiger partial charge in [-0.2, -0.15) is 0 Å². The van der Waals surface area contributed by atoms with E-state index in [1.54, 1.807) is 48.7 Å². The van der Waals surface area contributed by atoms with E-state index in [1.807, 2.05) is 0 Å². The second kappa shape index (κ2) is 7.74. The second-order valence-corrected chi connectivity index (χ2v) is 5.68. The lowest BCUT2D eigenvalue weighted by Gasteiger charge is -2.12. The van der Waals surface area contributed by atoms with Crippen LogP contribution in [0.15, 0.2) is 48.7 Å². The summed E-state index contributed by atoms with van der Waals surface area (Å²) in [7, 11) is 2.78. The first-order chi connectivity index (χ1) is 13.0. The third kappa shape index (κ3) is 3.98. The third-order valence-electron chi connectivity index (χ3n) is 3.95. The number of carbonyl (C=O) groups excluding carboxylic acids is 1. The van der Waals surface area contributed by atoms with Crippen LogP contribution in [0.25, 0.3) is 10.9 Å². The number of methoxy groups -OCH3 is 2. The average molecular weight is 367 g/mol. The highest BCUT2D eigenvalue weighted by molar-refractivity contribution is 5.96. The van der Waals surface area contributed by atoms with E-state index >= 15 is 0 Å². The van der Waals surface area contributed by atoms with Crippen molar-refractivity contribution in [1.29, 1.82) is 0 Å². The van der Waals surface area contributed by atoms with Gasteiger partial charge in [-0.25, -0.2) is 4.79 Å². The van der Waals surface area contributed by atoms with Gasteiger partial charge < -0.3 is 19.3 Å². The molecule has 7 heteroatoms. The van der Waals surface area contributed by atoms with Gasteiger partial charge in [-0.1, -0.05) is 6.07 Å². The molecule has 0 atom stereocenters. The number of nitrogens with zero attached hydrogens (tertiary/aromatic N) is 1. The summed E-state index contributed by atoms with van der Waals surface area (Å²) in [4.78, 5) is 27.0. The number of hydrogen-bond acceptors (Lipinski definition) is 6. The smallest absolute Gasteiger partial charge is 0.337 e. The van der Waals surface area contributed by atoms with Crippen LogP contribution >= 0.6 is 0 Å². The van der Waals surface area contributed by atoms with Crippen molar-refractivity contribution in [2.24, 2.45) is 0 Å². The van der Waals surface area contributed by atoms with E-state index in [-0.39, 0.29) is 6.42 Å². The fourth-order valence-corrected chi connectivity index (χ4v) is 2.68. The van der Waals surface area contributed by atoms with Gasteiger partial charge in [0.15, 0.2) is 0 Å². The molecule has 0 amide bonds.